The molecular formula is C18H44AlNO8Si2. The summed E-state index contributed by atoms with van der Waals surface area (Å²) in [4.78, 5) is 0. The molecule has 0 saturated carbocycles. The predicted octanol–water partition coefficient (Wildman–Crippen LogP) is 3.38. The number of hydrogen-bond donors (Lipinski definition) is 1. The van der Waals surface area contributed by atoms with Gasteiger partial charge in [0.05, 0.1) is 0 Å². The normalized spacial score (nSPS) is 13.7. The fraction of sp³-hybridized carbons (Fsp3) is 1.00. The van der Waals surface area contributed by atoms with Gasteiger partial charge in [0.2, 0.25) is 0 Å². The largest absolute Gasteiger partial charge is 0.899 e. The quantitative estimate of drug-likeness (QED) is 0.330. The van der Waals surface area contributed by atoms with Gasteiger partial charge in [-0.2, -0.15) is 0 Å². The Morgan fingerprint density at radius 1 is 0.533 bits per heavy atom. The smallest absolute Gasteiger partial charge is 0.453 e. The van der Waals surface area contributed by atoms with Crippen LogP contribution in [0.3, 0.4) is 0 Å². The Morgan fingerprint density at radius 3 is 1.13 bits per heavy atom. The van der Waals surface area contributed by atoms with Crippen molar-refractivity contribution in [3.05, 3.63) is 0 Å². The summed E-state index contributed by atoms with van der Waals surface area (Å²) >= 11 is -2.71. The third kappa shape index (κ3) is 13.9. The van der Waals surface area contributed by atoms with Crippen LogP contribution in [0.25, 0.3) is 0 Å². The van der Waals surface area contributed by atoms with Crippen LogP contribution in [0, 0.1) is 0 Å². The molecular weight excluding hydrogens is 441 g/mol. The zero-order valence-electron chi connectivity index (χ0n) is 20.9. The summed E-state index contributed by atoms with van der Waals surface area (Å²) in [6, 6.07) is 0. The zero-order valence-corrected chi connectivity index (χ0v) is 24.0. The van der Waals surface area contributed by atoms with Gasteiger partial charge in [-0.3, -0.25) is 5.40 Å². The SMILES string of the molecule is CC(C)[O][Al]([O]C(C)C)[O][Si](OC(C)C)(OC(C)C)O[Si](N)(OC(C)C)OC(C)C. The molecule has 0 aromatic carbocycles. The van der Waals surface area contributed by atoms with Gasteiger partial charge in [-0.15, -0.1) is 0 Å². The number of hydrogen-bond acceptors (Lipinski definition) is 9. The van der Waals surface area contributed by atoms with Crippen LogP contribution in [0.1, 0.15) is 83.1 Å². The van der Waals surface area contributed by atoms with Gasteiger partial charge in [0.15, 0.2) is 0 Å². The molecule has 0 spiro atoms. The third-order valence-corrected chi connectivity index (χ3v) is 11.6. The average molecular weight is 486 g/mol. The van der Waals surface area contributed by atoms with E-state index in [4.69, 9.17) is 38.3 Å². The summed E-state index contributed by atoms with van der Waals surface area (Å²) < 4.78 is 48.6. The Kier molecular flexibility index (Phi) is 14.3. The van der Waals surface area contributed by atoms with Crippen LogP contribution in [-0.4, -0.2) is 69.8 Å². The molecule has 0 aromatic rings. The minimum Gasteiger partial charge on any atom is -0.453 e. The minimum atomic E-state index is -3.89. The summed E-state index contributed by atoms with van der Waals surface area (Å²) in [6.07, 6.45) is -1.19. The lowest BCUT2D eigenvalue weighted by atomic mass is 10.5. The van der Waals surface area contributed by atoms with E-state index in [1.54, 1.807) is 0 Å². The van der Waals surface area contributed by atoms with Gasteiger partial charge < -0.3 is 32.9 Å². The molecule has 0 radical (unpaired) electrons. The van der Waals surface area contributed by atoms with Crippen molar-refractivity contribution in [2.45, 2.75) is 120 Å². The highest BCUT2D eigenvalue weighted by Crippen LogP contribution is 2.25. The summed E-state index contributed by atoms with van der Waals surface area (Å²) in [5.74, 6) is 0. The van der Waals surface area contributed by atoms with Crippen LogP contribution < -0.4 is 5.40 Å². The maximum atomic E-state index is 6.52. The Morgan fingerprint density at radius 2 is 0.867 bits per heavy atom. The van der Waals surface area contributed by atoms with Gasteiger partial charge in [-0.25, -0.2) is 0 Å². The lowest BCUT2D eigenvalue weighted by molar-refractivity contribution is -0.0543. The van der Waals surface area contributed by atoms with Gasteiger partial charge in [-0.05, 0) is 83.1 Å². The lowest BCUT2D eigenvalue weighted by Gasteiger charge is -2.39. The van der Waals surface area contributed by atoms with Gasteiger partial charge in [0.1, 0.15) is 0 Å². The molecule has 0 saturated heterocycles. The zero-order chi connectivity index (χ0) is 23.7. The summed E-state index contributed by atoms with van der Waals surface area (Å²) in [7, 11) is -7.58. The molecule has 12 heteroatoms. The Balaban J connectivity index is 6.13. The van der Waals surface area contributed by atoms with Crippen molar-refractivity contribution < 1.29 is 32.9 Å². The molecule has 0 amide bonds. The number of nitrogens with two attached hydrogens (primary N) is 1. The van der Waals surface area contributed by atoms with Crippen LogP contribution in [0.2, 0.25) is 0 Å². The molecule has 0 aliphatic rings. The van der Waals surface area contributed by atoms with E-state index < -0.39 is 33.2 Å². The fourth-order valence-corrected chi connectivity index (χ4v) is 10.4. The maximum absolute atomic E-state index is 6.52. The van der Waals surface area contributed by atoms with E-state index in [0.29, 0.717) is 0 Å². The van der Waals surface area contributed by atoms with Gasteiger partial charge in [0.25, 0.3) is 0 Å². The molecule has 0 bridgehead atoms. The maximum Gasteiger partial charge on any atom is 0.899 e. The highest BCUT2D eigenvalue weighted by atomic mass is 28.5. The van der Waals surface area contributed by atoms with Crippen molar-refractivity contribution in [3.8, 4) is 0 Å². The van der Waals surface area contributed by atoms with Gasteiger partial charge in [0, 0.05) is 36.6 Å². The summed E-state index contributed by atoms with van der Waals surface area (Å²) in [6.45, 7) is 22.6. The predicted molar refractivity (Wildman–Crippen MR) is 121 cm³/mol. The molecule has 0 rings (SSSR count). The molecule has 0 fully saturated rings. The van der Waals surface area contributed by atoms with Crippen molar-refractivity contribution in [1.82, 2.24) is 0 Å². The molecule has 0 aliphatic heterocycles. The van der Waals surface area contributed by atoms with Crippen molar-refractivity contribution in [3.63, 3.8) is 0 Å². The second-order valence-electron chi connectivity index (χ2n) is 8.65. The van der Waals surface area contributed by atoms with Crippen LogP contribution in [0.4, 0.5) is 0 Å². The van der Waals surface area contributed by atoms with Gasteiger partial charge >= 0.3 is 33.2 Å². The van der Waals surface area contributed by atoms with Crippen LogP contribution in [-0.2, 0) is 32.9 Å². The second kappa shape index (κ2) is 14.0. The first-order valence-electron chi connectivity index (χ1n) is 10.8. The van der Waals surface area contributed by atoms with E-state index in [9.17, 15) is 0 Å². The van der Waals surface area contributed by atoms with E-state index in [-0.39, 0.29) is 36.6 Å². The first-order valence-corrected chi connectivity index (χ1v) is 15.6. The van der Waals surface area contributed by atoms with E-state index in [0.717, 1.165) is 0 Å². The molecule has 0 atom stereocenters. The average Bonchev–Trinajstić information content (AvgIpc) is 2.40. The molecule has 30 heavy (non-hydrogen) atoms. The Bertz CT molecular complexity index is 439. The van der Waals surface area contributed by atoms with Crippen molar-refractivity contribution in [2.75, 3.05) is 0 Å². The van der Waals surface area contributed by atoms with Crippen LogP contribution >= 0.6 is 0 Å². The monoisotopic (exact) mass is 485 g/mol. The van der Waals surface area contributed by atoms with E-state index in [1.807, 2.05) is 83.1 Å². The van der Waals surface area contributed by atoms with Gasteiger partial charge in [-0.1, -0.05) is 0 Å². The molecule has 2 N–H and O–H groups in total. The molecule has 0 aromatic heterocycles. The number of rotatable bonds is 16. The van der Waals surface area contributed by atoms with Crippen LogP contribution in [0.5, 0.6) is 0 Å². The first kappa shape index (κ1) is 30.6. The molecule has 9 nitrogen and oxygen atoms in total. The lowest BCUT2D eigenvalue weighted by Crippen LogP contribution is -2.68. The molecule has 0 heterocycles. The fourth-order valence-electron chi connectivity index (χ4n) is 2.29. The van der Waals surface area contributed by atoms with E-state index >= 15 is 0 Å². The van der Waals surface area contributed by atoms with Crippen molar-refractivity contribution >= 4 is 33.2 Å². The van der Waals surface area contributed by atoms with Crippen molar-refractivity contribution in [2.24, 2.45) is 5.40 Å². The highest BCUT2D eigenvalue weighted by Gasteiger charge is 2.61. The summed E-state index contributed by atoms with van der Waals surface area (Å²) in [5, 5.41) is 6.52. The Labute approximate surface area is 191 Å². The topological polar surface area (TPSA) is 99.9 Å². The molecule has 0 aliphatic carbocycles. The van der Waals surface area contributed by atoms with E-state index in [2.05, 4.69) is 0 Å². The standard InChI is InChI=1S/C12H30NO6Si2.2C3H7O.Al/c1-9(2)15-20(13,16-10(3)4)19-21(14,17-11(5)6)18-12(7)8;2*1-3(2)4;/h9-12H,13H2,1-8H3;2*3H,1-2H3;/q3*-1;+3. The first-order chi connectivity index (χ1) is 13.6. The van der Waals surface area contributed by atoms with Crippen molar-refractivity contribution in [1.29, 1.82) is 0 Å². The minimum absolute atomic E-state index is 0.107. The highest BCUT2D eigenvalue weighted by molar-refractivity contribution is 6.73. The summed E-state index contributed by atoms with van der Waals surface area (Å²) in [5.41, 5.74) is 0. The van der Waals surface area contributed by atoms with E-state index in [1.165, 1.54) is 0 Å². The molecule has 180 valence electrons. The van der Waals surface area contributed by atoms with Crippen LogP contribution in [0.15, 0.2) is 0 Å². The molecule has 0 unspecified atom stereocenters. The Hall–Kier alpha value is 0.606. The third-order valence-electron chi connectivity index (χ3n) is 2.83. The second-order valence-corrected chi connectivity index (χ2v) is 14.7.